The van der Waals surface area contributed by atoms with Gasteiger partial charge in [0.1, 0.15) is 5.75 Å². The summed E-state index contributed by atoms with van der Waals surface area (Å²) < 4.78 is 29.7. The SMILES string of the molecule is O=C(Nc1nc(C2CC2)cs1)C1CCCN(C(=O)c2ccccc2OC(F)F)C1. The minimum absolute atomic E-state index is 0.0721. The molecule has 1 atom stereocenters. The summed E-state index contributed by atoms with van der Waals surface area (Å²) in [5.41, 5.74) is 1.10. The number of thiazole rings is 1. The number of likely N-dealkylation sites (tertiary alicyclic amines) is 1. The maximum Gasteiger partial charge on any atom is 0.387 e. The van der Waals surface area contributed by atoms with E-state index in [1.165, 1.54) is 34.4 Å². The largest absolute Gasteiger partial charge is 0.434 e. The lowest BCUT2D eigenvalue weighted by atomic mass is 9.96. The summed E-state index contributed by atoms with van der Waals surface area (Å²) in [7, 11) is 0. The van der Waals surface area contributed by atoms with E-state index in [9.17, 15) is 18.4 Å². The summed E-state index contributed by atoms with van der Waals surface area (Å²) in [5.74, 6) is -0.589. The Morgan fingerprint density at radius 1 is 1.24 bits per heavy atom. The summed E-state index contributed by atoms with van der Waals surface area (Å²) in [5, 5.41) is 5.41. The van der Waals surface area contributed by atoms with E-state index in [0.29, 0.717) is 30.4 Å². The fourth-order valence-corrected chi connectivity index (χ4v) is 4.30. The number of rotatable bonds is 6. The van der Waals surface area contributed by atoms with Gasteiger partial charge in [0.25, 0.3) is 5.91 Å². The van der Waals surface area contributed by atoms with Crippen LogP contribution >= 0.6 is 11.3 Å². The Morgan fingerprint density at radius 2 is 2.03 bits per heavy atom. The van der Waals surface area contributed by atoms with Gasteiger partial charge >= 0.3 is 6.61 Å². The first-order valence-electron chi connectivity index (χ1n) is 9.60. The Kier molecular flexibility index (Phi) is 5.75. The van der Waals surface area contributed by atoms with Crippen LogP contribution in [-0.2, 0) is 4.79 Å². The molecular weight excluding hydrogens is 400 g/mol. The molecule has 2 aliphatic rings. The molecule has 0 bridgehead atoms. The first kappa shape index (κ1) is 19.8. The molecule has 1 N–H and O–H groups in total. The number of nitrogens with one attached hydrogen (secondary N) is 1. The molecule has 1 aromatic carbocycles. The van der Waals surface area contributed by atoms with Crippen LogP contribution in [0.3, 0.4) is 0 Å². The van der Waals surface area contributed by atoms with Crippen LogP contribution in [0.5, 0.6) is 5.75 Å². The van der Waals surface area contributed by atoms with Crippen LogP contribution < -0.4 is 10.1 Å². The van der Waals surface area contributed by atoms with Crippen molar-refractivity contribution >= 4 is 28.3 Å². The van der Waals surface area contributed by atoms with Crippen LogP contribution in [0, 0.1) is 5.92 Å². The quantitative estimate of drug-likeness (QED) is 0.762. The summed E-state index contributed by atoms with van der Waals surface area (Å²) in [4.78, 5) is 31.5. The normalized spacial score (nSPS) is 19.3. The molecule has 1 aromatic heterocycles. The van der Waals surface area contributed by atoms with Gasteiger partial charge in [0.2, 0.25) is 5.91 Å². The van der Waals surface area contributed by atoms with Crippen molar-refractivity contribution in [3.8, 4) is 5.75 Å². The Morgan fingerprint density at radius 3 is 2.79 bits per heavy atom. The van der Waals surface area contributed by atoms with Crippen molar-refractivity contribution in [3.63, 3.8) is 0 Å². The van der Waals surface area contributed by atoms with Crippen LogP contribution in [0.4, 0.5) is 13.9 Å². The predicted octanol–water partition coefficient (Wildman–Crippen LogP) is 4.11. The molecule has 1 aliphatic carbocycles. The van der Waals surface area contributed by atoms with Crippen molar-refractivity contribution < 1.29 is 23.1 Å². The second kappa shape index (κ2) is 8.44. The third-order valence-electron chi connectivity index (χ3n) is 5.16. The van der Waals surface area contributed by atoms with Crippen LogP contribution in [0.2, 0.25) is 0 Å². The second-order valence-electron chi connectivity index (χ2n) is 7.31. The van der Waals surface area contributed by atoms with Crippen LogP contribution in [0.25, 0.3) is 0 Å². The minimum Gasteiger partial charge on any atom is -0.434 e. The first-order valence-corrected chi connectivity index (χ1v) is 10.5. The topological polar surface area (TPSA) is 71.5 Å². The highest BCUT2D eigenvalue weighted by molar-refractivity contribution is 7.13. The highest BCUT2D eigenvalue weighted by Gasteiger charge is 2.31. The van der Waals surface area contributed by atoms with Gasteiger partial charge in [-0.05, 0) is 37.8 Å². The van der Waals surface area contributed by atoms with Gasteiger partial charge in [-0.1, -0.05) is 12.1 Å². The number of para-hydroxylation sites is 1. The maximum absolute atomic E-state index is 12.9. The lowest BCUT2D eigenvalue weighted by molar-refractivity contribution is -0.121. The standard InChI is InChI=1S/C20H21F2N3O3S/c21-19(22)28-16-6-2-1-5-14(16)18(27)25-9-3-4-13(10-25)17(26)24-20-23-15(11-29-20)12-7-8-12/h1-2,5-6,11-13,19H,3-4,7-10H2,(H,23,24,26). The molecule has 4 rings (SSSR count). The molecule has 1 saturated carbocycles. The number of alkyl halides is 2. The zero-order chi connectivity index (χ0) is 20.4. The molecule has 9 heteroatoms. The summed E-state index contributed by atoms with van der Waals surface area (Å²) in [6.07, 6.45) is 3.61. The molecule has 1 unspecified atom stereocenters. The van der Waals surface area contributed by atoms with E-state index >= 15 is 0 Å². The molecule has 29 heavy (non-hydrogen) atoms. The third kappa shape index (κ3) is 4.72. The molecule has 154 valence electrons. The third-order valence-corrected chi connectivity index (χ3v) is 5.94. The Balaban J connectivity index is 1.41. The zero-order valence-electron chi connectivity index (χ0n) is 15.6. The number of hydrogen-bond donors (Lipinski definition) is 1. The van der Waals surface area contributed by atoms with Gasteiger partial charge in [-0.3, -0.25) is 9.59 Å². The van der Waals surface area contributed by atoms with Gasteiger partial charge in [0, 0.05) is 24.4 Å². The Hall–Kier alpha value is -2.55. The number of amides is 2. The van der Waals surface area contributed by atoms with Crippen LogP contribution in [0.15, 0.2) is 29.6 Å². The maximum atomic E-state index is 12.9. The van der Waals surface area contributed by atoms with E-state index in [1.54, 1.807) is 6.07 Å². The van der Waals surface area contributed by atoms with E-state index in [-0.39, 0.29) is 29.7 Å². The molecule has 1 saturated heterocycles. The van der Waals surface area contributed by atoms with E-state index < -0.39 is 12.5 Å². The predicted molar refractivity (Wildman–Crippen MR) is 104 cm³/mol. The number of nitrogens with zero attached hydrogens (tertiary/aromatic N) is 2. The average molecular weight is 421 g/mol. The summed E-state index contributed by atoms with van der Waals surface area (Å²) in [6.45, 7) is -2.31. The van der Waals surface area contributed by atoms with Crippen molar-refractivity contribution in [2.24, 2.45) is 5.92 Å². The Labute approximate surface area is 170 Å². The highest BCUT2D eigenvalue weighted by atomic mass is 32.1. The van der Waals surface area contributed by atoms with Crippen molar-refractivity contribution in [1.82, 2.24) is 9.88 Å². The molecule has 6 nitrogen and oxygen atoms in total. The number of halogens is 2. The number of carbonyl (C=O) groups is 2. The van der Waals surface area contributed by atoms with Crippen molar-refractivity contribution in [3.05, 3.63) is 40.9 Å². The van der Waals surface area contributed by atoms with E-state index in [0.717, 1.165) is 18.5 Å². The number of anilines is 1. The smallest absolute Gasteiger partial charge is 0.387 e. The van der Waals surface area contributed by atoms with Gasteiger partial charge in [-0.2, -0.15) is 8.78 Å². The van der Waals surface area contributed by atoms with E-state index in [1.807, 2.05) is 5.38 Å². The number of hydrogen-bond acceptors (Lipinski definition) is 5. The van der Waals surface area contributed by atoms with Crippen molar-refractivity contribution in [1.29, 1.82) is 0 Å². The van der Waals surface area contributed by atoms with Gasteiger partial charge in [-0.25, -0.2) is 4.98 Å². The molecule has 2 aromatic rings. The number of aromatic nitrogens is 1. The van der Waals surface area contributed by atoms with Crippen molar-refractivity contribution in [2.75, 3.05) is 18.4 Å². The molecule has 2 heterocycles. The fourth-order valence-electron chi connectivity index (χ4n) is 3.51. The average Bonchev–Trinajstić information content (AvgIpc) is 3.47. The van der Waals surface area contributed by atoms with E-state index in [2.05, 4.69) is 15.0 Å². The number of benzene rings is 1. The number of carbonyl (C=O) groups excluding carboxylic acids is 2. The van der Waals surface area contributed by atoms with Crippen molar-refractivity contribution in [2.45, 2.75) is 38.2 Å². The molecular formula is C20H21F2N3O3S. The summed E-state index contributed by atoms with van der Waals surface area (Å²) >= 11 is 1.41. The Bertz CT molecular complexity index is 901. The van der Waals surface area contributed by atoms with Gasteiger partial charge < -0.3 is 15.0 Å². The lowest BCUT2D eigenvalue weighted by Crippen LogP contribution is -2.43. The first-order chi connectivity index (χ1) is 14.0. The van der Waals surface area contributed by atoms with Gasteiger partial charge in [-0.15, -0.1) is 11.3 Å². The molecule has 0 spiro atoms. The minimum atomic E-state index is -3.01. The molecule has 0 radical (unpaired) electrons. The van der Waals surface area contributed by atoms with E-state index in [4.69, 9.17) is 0 Å². The van der Waals surface area contributed by atoms with Crippen LogP contribution in [-0.4, -0.2) is 41.4 Å². The zero-order valence-corrected chi connectivity index (χ0v) is 16.5. The second-order valence-corrected chi connectivity index (χ2v) is 8.16. The monoisotopic (exact) mass is 421 g/mol. The number of ether oxygens (including phenoxy) is 1. The molecule has 2 amide bonds. The molecule has 1 aliphatic heterocycles. The number of piperidine rings is 1. The van der Waals surface area contributed by atoms with Crippen LogP contribution in [0.1, 0.15) is 47.7 Å². The lowest BCUT2D eigenvalue weighted by Gasteiger charge is -2.32. The highest BCUT2D eigenvalue weighted by Crippen LogP contribution is 2.41. The van der Waals surface area contributed by atoms with Gasteiger partial charge in [0.05, 0.1) is 17.2 Å². The summed E-state index contributed by atoms with van der Waals surface area (Å²) in [6, 6.07) is 5.93. The van der Waals surface area contributed by atoms with Gasteiger partial charge in [0.15, 0.2) is 5.13 Å². The molecule has 2 fully saturated rings. The fraction of sp³-hybridized carbons (Fsp3) is 0.450.